The van der Waals surface area contributed by atoms with Gasteiger partial charge in [0.2, 0.25) is 0 Å². The molecular formula is C16H30O2. The molecule has 0 aromatic carbocycles. The molecule has 2 heteroatoms. The smallest absolute Gasteiger partial charge is 0.310 e. The molecule has 0 heterocycles. The van der Waals surface area contributed by atoms with Gasteiger partial charge in [0.1, 0.15) is 5.60 Å². The maximum absolute atomic E-state index is 11.8. The fraction of sp³-hybridized carbons (Fsp3) is 0.812. The fourth-order valence-corrected chi connectivity index (χ4v) is 1.90. The van der Waals surface area contributed by atoms with E-state index >= 15 is 0 Å². The molecule has 0 fully saturated rings. The second-order valence-electron chi connectivity index (χ2n) is 7.14. The summed E-state index contributed by atoms with van der Waals surface area (Å²) in [6.07, 6.45) is 3.80. The first-order valence-electron chi connectivity index (χ1n) is 6.80. The Hall–Kier alpha value is -0.790. The Balaban J connectivity index is 5.08. The van der Waals surface area contributed by atoms with Gasteiger partial charge in [-0.3, -0.25) is 4.79 Å². The van der Waals surface area contributed by atoms with Crippen LogP contribution in [0.5, 0.6) is 0 Å². The predicted octanol–water partition coefficient (Wildman–Crippen LogP) is 4.74. The average molecular weight is 254 g/mol. The lowest BCUT2D eigenvalue weighted by atomic mass is 9.68. The largest absolute Gasteiger partial charge is 0.459 e. The van der Waals surface area contributed by atoms with Crippen molar-refractivity contribution in [2.24, 2.45) is 10.8 Å². The van der Waals surface area contributed by atoms with Gasteiger partial charge in [-0.25, -0.2) is 0 Å². The van der Waals surface area contributed by atoms with Crippen LogP contribution in [0.25, 0.3) is 0 Å². The van der Waals surface area contributed by atoms with Crippen LogP contribution in [-0.2, 0) is 9.53 Å². The van der Waals surface area contributed by atoms with Crippen LogP contribution in [0.3, 0.4) is 0 Å². The SMILES string of the molecule is C=CCC(=O)OC(C)(CC(C)(C)CC)C(C)(C)C. The topological polar surface area (TPSA) is 26.3 Å². The number of carbonyl (C=O) groups excluding carboxylic acids is 1. The van der Waals surface area contributed by atoms with E-state index in [4.69, 9.17) is 4.74 Å². The van der Waals surface area contributed by atoms with Gasteiger partial charge in [-0.15, -0.1) is 6.58 Å². The van der Waals surface area contributed by atoms with Crippen molar-refractivity contribution >= 4 is 5.97 Å². The van der Waals surface area contributed by atoms with Gasteiger partial charge in [0, 0.05) is 5.41 Å². The van der Waals surface area contributed by atoms with Gasteiger partial charge in [0.25, 0.3) is 0 Å². The number of carbonyl (C=O) groups is 1. The highest BCUT2D eigenvalue weighted by molar-refractivity contribution is 5.71. The molecule has 1 unspecified atom stereocenters. The number of rotatable bonds is 6. The first-order chi connectivity index (χ1) is 7.97. The molecule has 2 nitrogen and oxygen atoms in total. The second kappa shape index (κ2) is 5.90. The molecule has 0 aromatic rings. The predicted molar refractivity (Wildman–Crippen MR) is 77.5 cm³/mol. The summed E-state index contributed by atoms with van der Waals surface area (Å²) in [5, 5.41) is 0. The number of hydrogen-bond donors (Lipinski definition) is 0. The summed E-state index contributed by atoms with van der Waals surface area (Å²) >= 11 is 0. The van der Waals surface area contributed by atoms with Crippen LogP contribution in [0, 0.1) is 10.8 Å². The van der Waals surface area contributed by atoms with Gasteiger partial charge >= 0.3 is 5.97 Å². The average Bonchev–Trinajstić information content (AvgIpc) is 2.15. The normalized spacial score (nSPS) is 15.9. The van der Waals surface area contributed by atoms with E-state index in [0.717, 1.165) is 12.8 Å². The van der Waals surface area contributed by atoms with Crippen LogP contribution >= 0.6 is 0 Å². The quantitative estimate of drug-likeness (QED) is 0.505. The maximum atomic E-state index is 11.8. The summed E-state index contributed by atoms with van der Waals surface area (Å²) in [5.74, 6) is -0.186. The Morgan fingerprint density at radius 1 is 1.17 bits per heavy atom. The van der Waals surface area contributed by atoms with E-state index < -0.39 is 5.60 Å². The molecule has 0 spiro atoms. The lowest BCUT2D eigenvalue weighted by Gasteiger charge is -2.45. The molecule has 0 aromatic heterocycles. The van der Waals surface area contributed by atoms with Gasteiger partial charge in [-0.05, 0) is 18.8 Å². The zero-order chi connectivity index (χ0) is 14.6. The molecule has 0 amide bonds. The minimum absolute atomic E-state index is 0.0870. The first-order valence-corrected chi connectivity index (χ1v) is 6.80. The van der Waals surface area contributed by atoms with E-state index in [1.54, 1.807) is 6.08 Å². The zero-order valence-corrected chi connectivity index (χ0v) is 13.2. The molecule has 0 bridgehead atoms. The molecule has 0 aliphatic carbocycles. The molecular weight excluding hydrogens is 224 g/mol. The van der Waals surface area contributed by atoms with Crippen LogP contribution < -0.4 is 0 Å². The highest BCUT2D eigenvalue weighted by Crippen LogP contribution is 2.43. The molecule has 0 aliphatic heterocycles. The Morgan fingerprint density at radius 3 is 2.00 bits per heavy atom. The summed E-state index contributed by atoms with van der Waals surface area (Å²) in [7, 11) is 0. The highest BCUT2D eigenvalue weighted by atomic mass is 16.6. The van der Waals surface area contributed by atoms with Crippen molar-refractivity contribution in [2.75, 3.05) is 0 Å². The van der Waals surface area contributed by atoms with E-state index in [2.05, 4.69) is 48.1 Å². The molecule has 18 heavy (non-hydrogen) atoms. The third kappa shape index (κ3) is 4.83. The van der Waals surface area contributed by atoms with Crippen molar-refractivity contribution in [2.45, 2.75) is 73.3 Å². The third-order valence-electron chi connectivity index (χ3n) is 4.01. The Kier molecular flexibility index (Phi) is 5.64. The maximum Gasteiger partial charge on any atom is 0.310 e. The van der Waals surface area contributed by atoms with Gasteiger partial charge in [0.05, 0.1) is 6.42 Å². The third-order valence-corrected chi connectivity index (χ3v) is 4.01. The Labute approximate surface area is 113 Å². The molecule has 0 saturated heterocycles. The van der Waals surface area contributed by atoms with Gasteiger partial charge in [-0.1, -0.05) is 54.0 Å². The molecule has 0 N–H and O–H groups in total. The molecule has 1 atom stereocenters. The van der Waals surface area contributed by atoms with Crippen LogP contribution in [-0.4, -0.2) is 11.6 Å². The van der Waals surface area contributed by atoms with Crippen LogP contribution in [0.15, 0.2) is 12.7 Å². The van der Waals surface area contributed by atoms with Crippen molar-refractivity contribution in [3.05, 3.63) is 12.7 Å². The van der Waals surface area contributed by atoms with E-state index in [-0.39, 0.29) is 23.2 Å². The van der Waals surface area contributed by atoms with Crippen LogP contribution in [0.1, 0.15) is 67.7 Å². The van der Waals surface area contributed by atoms with E-state index in [0.29, 0.717) is 0 Å². The number of ether oxygens (including phenoxy) is 1. The number of hydrogen-bond acceptors (Lipinski definition) is 2. The van der Waals surface area contributed by atoms with Gasteiger partial charge in [-0.2, -0.15) is 0 Å². The minimum atomic E-state index is -0.452. The van der Waals surface area contributed by atoms with Gasteiger partial charge < -0.3 is 4.74 Å². The molecule has 0 radical (unpaired) electrons. The molecule has 0 rings (SSSR count). The summed E-state index contributed by atoms with van der Waals surface area (Å²) in [6.45, 7) is 18.6. The Bertz CT molecular complexity index is 297. The number of esters is 1. The molecule has 0 saturated carbocycles. The monoisotopic (exact) mass is 254 g/mol. The van der Waals surface area contributed by atoms with E-state index in [9.17, 15) is 4.79 Å². The fourth-order valence-electron chi connectivity index (χ4n) is 1.90. The van der Waals surface area contributed by atoms with Crippen molar-refractivity contribution in [3.63, 3.8) is 0 Å². The minimum Gasteiger partial charge on any atom is -0.459 e. The standard InChI is InChI=1S/C16H30O2/c1-9-11-13(17)18-16(8,14(3,4)5)12-15(6,7)10-2/h9H,1,10-12H2,2-8H3. The van der Waals surface area contributed by atoms with Crippen molar-refractivity contribution in [1.29, 1.82) is 0 Å². The second-order valence-corrected chi connectivity index (χ2v) is 7.14. The van der Waals surface area contributed by atoms with Crippen molar-refractivity contribution in [1.82, 2.24) is 0 Å². The van der Waals surface area contributed by atoms with Crippen molar-refractivity contribution in [3.8, 4) is 0 Å². The van der Waals surface area contributed by atoms with Gasteiger partial charge in [0.15, 0.2) is 0 Å². The zero-order valence-electron chi connectivity index (χ0n) is 13.2. The van der Waals surface area contributed by atoms with E-state index in [1.807, 2.05) is 6.92 Å². The van der Waals surface area contributed by atoms with Crippen molar-refractivity contribution < 1.29 is 9.53 Å². The molecule has 106 valence electrons. The summed E-state index contributed by atoms with van der Waals surface area (Å²) in [4.78, 5) is 11.8. The first kappa shape index (κ1) is 17.2. The summed E-state index contributed by atoms with van der Waals surface area (Å²) in [5.41, 5.74) is -0.376. The van der Waals surface area contributed by atoms with Crippen LogP contribution in [0.4, 0.5) is 0 Å². The molecule has 0 aliphatic rings. The highest BCUT2D eigenvalue weighted by Gasteiger charge is 2.44. The van der Waals surface area contributed by atoms with Crippen LogP contribution in [0.2, 0.25) is 0 Å². The van der Waals surface area contributed by atoms with E-state index in [1.165, 1.54) is 0 Å². The lowest BCUT2D eigenvalue weighted by Crippen LogP contribution is -2.47. The summed E-state index contributed by atoms with van der Waals surface area (Å²) < 4.78 is 5.77. The summed E-state index contributed by atoms with van der Waals surface area (Å²) in [6, 6.07) is 0. The lowest BCUT2D eigenvalue weighted by molar-refractivity contribution is -0.174. The Morgan fingerprint density at radius 2 is 1.67 bits per heavy atom.